The Morgan fingerprint density at radius 2 is 1.70 bits per heavy atom. The molecule has 0 saturated carbocycles. The molecule has 0 radical (unpaired) electrons. The van der Waals surface area contributed by atoms with Gasteiger partial charge in [-0.3, -0.25) is 4.79 Å². The second kappa shape index (κ2) is 6.67. The van der Waals surface area contributed by atoms with E-state index < -0.39 is 0 Å². The second-order valence-electron chi connectivity index (χ2n) is 9.57. The zero-order valence-corrected chi connectivity index (χ0v) is 18.7. The maximum Gasteiger partial charge on any atom is 0.206 e. The lowest BCUT2D eigenvalue weighted by atomic mass is 9.84. The maximum atomic E-state index is 13.3. The Bertz CT molecular complexity index is 1710. The minimum absolute atomic E-state index is 0.0628. The normalized spacial score (nSPS) is 18.5. The summed E-state index contributed by atoms with van der Waals surface area (Å²) in [6.07, 6.45) is 6.25. The first kappa shape index (κ1) is 18.9. The minimum atomic E-state index is -0.0628. The van der Waals surface area contributed by atoms with E-state index in [4.69, 9.17) is 0 Å². The summed E-state index contributed by atoms with van der Waals surface area (Å²) in [5, 5.41) is 17.7. The molecule has 1 aliphatic carbocycles. The van der Waals surface area contributed by atoms with E-state index in [0.29, 0.717) is 11.1 Å². The van der Waals surface area contributed by atoms with Crippen LogP contribution in [-0.2, 0) is 24.7 Å². The van der Waals surface area contributed by atoms with Crippen LogP contribution in [0.2, 0.25) is 0 Å². The largest absolute Gasteiger partial charge is 0.506 e. The van der Waals surface area contributed by atoms with Crippen molar-refractivity contribution in [3.8, 4) is 0 Å². The third-order valence-electron chi connectivity index (χ3n) is 7.75. The lowest BCUT2D eigenvalue weighted by Crippen LogP contribution is -2.44. The Labute approximate surface area is 191 Å². The van der Waals surface area contributed by atoms with Crippen LogP contribution >= 0.6 is 0 Å². The number of carbonyl (C=O) groups is 1. The average molecular weight is 434 g/mol. The predicted octanol–water partition coefficient (Wildman–Crippen LogP) is 2.46. The predicted molar refractivity (Wildman–Crippen MR) is 131 cm³/mol. The lowest BCUT2D eigenvalue weighted by Gasteiger charge is -2.21. The molecule has 0 saturated heterocycles. The fraction of sp³-hybridized carbons (Fsp3) is 0.241. The molecule has 0 unspecified atom stereocenters. The number of nitrogens with zero attached hydrogens (tertiary/aromatic N) is 2. The van der Waals surface area contributed by atoms with Gasteiger partial charge in [-0.25, -0.2) is 4.58 Å². The fourth-order valence-electron chi connectivity index (χ4n) is 6.21. The van der Waals surface area contributed by atoms with Gasteiger partial charge in [0.25, 0.3) is 0 Å². The molecule has 0 spiro atoms. The van der Waals surface area contributed by atoms with Gasteiger partial charge in [-0.05, 0) is 47.7 Å². The van der Waals surface area contributed by atoms with Crippen LogP contribution < -0.4 is 20.5 Å². The van der Waals surface area contributed by atoms with E-state index in [0.717, 1.165) is 60.2 Å². The minimum Gasteiger partial charge on any atom is -0.506 e. The summed E-state index contributed by atoms with van der Waals surface area (Å²) in [7, 11) is 2.02. The summed E-state index contributed by atoms with van der Waals surface area (Å²) in [6.45, 7) is 2.25. The SMILES string of the molecule is Cn1/c(=C\C2=C(O)C(=c3cc4c5c(c3)CCC[N+]=5CCC4)C2=O)c2cccc3cccc1c32. The second-order valence-corrected chi connectivity index (χ2v) is 9.57. The van der Waals surface area contributed by atoms with Crippen molar-refractivity contribution in [2.75, 3.05) is 13.1 Å². The first-order valence-corrected chi connectivity index (χ1v) is 11.9. The number of aryl methyl sites for hydroxylation is 3. The molecule has 3 heterocycles. The summed E-state index contributed by atoms with van der Waals surface area (Å²) in [4.78, 5) is 13.3. The van der Waals surface area contributed by atoms with Crippen LogP contribution in [0.15, 0.2) is 59.9 Å². The van der Waals surface area contributed by atoms with Gasteiger partial charge in [0, 0.05) is 52.7 Å². The molecule has 4 heteroatoms. The van der Waals surface area contributed by atoms with Crippen molar-refractivity contribution in [3.63, 3.8) is 0 Å². The Kier molecular flexibility index (Phi) is 3.82. The van der Waals surface area contributed by atoms with Gasteiger partial charge in [-0.2, -0.15) is 0 Å². The van der Waals surface area contributed by atoms with Gasteiger partial charge in [-0.1, -0.05) is 30.3 Å². The Balaban J connectivity index is 1.46. The number of aliphatic hydroxyl groups excluding tert-OH is 1. The third-order valence-corrected chi connectivity index (χ3v) is 7.75. The molecule has 0 atom stereocenters. The highest BCUT2D eigenvalue weighted by molar-refractivity contribution is 6.39. The molecule has 4 nitrogen and oxygen atoms in total. The molecule has 4 aromatic rings. The zero-order valence-electron chi connectivity index (χ0n) is 18.7. The number of rotatable bonds is 1. The van der Waals surface area contributed by atoms with Crippen molar-refractivity contribution >= 4 is 39.1 Å². The van der Waals surface area contributed by atoms with Gasteiger partial charge in [0.05, 0.1) is 11.1 Å². The van der Waals surface area contributed by atoms with Gasteiger partial charge >= 0.3 is 0 Å². The van der Waals surface area contributed by atoms with E-state index in [1.165, 1.54) is 27.3 Å². The molecular weight excluding hydrogens is 408 g/mol. The van der Waals surface area contributed by atoms with Crippen molar-refractivity contribution in [2.45, 2.75) is 25.7 Å². The highest BCUT2D eigenvalue weighted by Crippen LogP contribution is 2.31. The number of carbonyl (C=O) groups excluding carboxylic acids is 1. The van der Waals surface area contributed by atoms with Crippen molar-refractivity contribution in [3.05, 3.63) is 86.9 Å². The third kappa shape index (κ3) is 2.52. The number of hydrogen-bond donors (Lipinski definition) is 1. The Morgan fingerprint density at radius 1 is 1.00 bits per heavy atom. The molecule has 33 heavy (non-hydrogen) atoms. The van der Waals surface area contributed by atoms with Crippen molar-refractivity contribution in [2.24, 2.45) is 7.05 Å². The van der Waals surface area contributed by atoms with Crippen LogP contribution in [0.4, 0.5) is 0 Å². The van der Waals surface area contributed by atoms with Crippen LogP contribution in [0.1, 0.15) is 24.0 Å². The molecule has 0 fully saturated rings. The Hall–Kier alpha value is -3.66. The monoisotopic (exact) mass is 433 g/mol. The fourth-order valence-corrected chi connectivity index (χ4v) is 6.21. The van der Waals surface area contributed by atoms with Gasteiger partial charge in [-0.15, -0.1) is 0 Å². The topological polar surface area (TPSA) is 45.2 Å². The average Bonchev–Trinajstić information content (AvgIpc) is 3.11. The van der Waals surface area contributed by atoms with E-state index in [1.54, 1.807) is 0 Å². The molecule has 7 rings (SSSR count). The van der Waals surface area contributed by atoms with Gasteiger partial charge in [0.2, 0.25) is 11.1 Å². The summed E-state index contributed by atoms with van der Waals surface area (Å²) in [5.41, 5.74) is 4.66. The molecule has 3 aliphatic rings. The number of benzene rings is 3. The Morgan fingerprint density at radius 3 is 2.39 bits per heavy atom. The van der Waals surface area contributed by atoms with E-state index >= 15 is 0 Å². The van der Waals surface area contributed by atoms with E-state index in [-0.39, 0.29) is 11.5 Å². The zero-order chi connectivity index (χ0) is 22.3. The molecule has 162 valence electrons. The number of ketones is 1. The van der Waals surface area contributed by atoms with Crippen molar-refractivity contribution in [1.82, 2.24) is 9.14 Å². The molecular formula is C29H25N2O2+. The molecule has 2 aliphatic heterocycles. The number of Topliss-reactive ketones (excluding diaryl/α,β-unsaturated/α-hetero) is 1. The highest BCUT2D eigenvalue weighted by atomic mass is 16.3. The van der Waals surface area contributed by atoms with E-state index in [9.17, 15) is 9.90 Å². The van der Waals surface area contributed by atoms with E-state index in [1.807, 2.05) is 19.2 Å². The van der Waals surface area contributed by atoms with E-state index in [2.05, 4.69) is 51.6 Å². The van der Waals surface area contributed by atoms with Gasteiger partial charge in [0.15, 0.2) is 0 Å². The number of hydrogen-bond acceptors (Lipinski definition) is 2. The first-order valence-electron chi connectivity index (χ1n) is 11.9. The summed E-state index contributed by atoms with van der Waals surface area (Å²) >= 11 is 0. The summed E-state index contributed by atoms with van der Waals surface area (Å²) < 4.78 is 4.61. The highest BCUT2D eigenvalue weighted by Gasteiger charge is 2.34. The number of allylic oxidation sites excluding steroid dienone is 2. The lowest BCUT2D eigenvalue weighted by molar-refractivity contribution is -0.111. The van der Waals surface area contributed by atoms with Crippen molar-refractivity contribution in [1.29, 1.82) is 0 Å². The molecule has 0 bridgehead atoms. The van der Waals surface area contributed by atoms with Crippen LogP contribution in [-0.4, -0.2) is 28.5 Å². The van der Waals surface area contributed by atoms with Crippen LogP contribution in [0.5, 0.6) is 0 Å². The number of aliphatic hydroxyl groups is 1. The molecule has 3 aromatic carbocycles. The van der Waals surface area contributed by atoms with Gasteiger partial charge in [0.1, 0.15) is 18.8 Å². The maximum absolute atomic E-state index is 13.3. The first-order chi connectivity index (χ1) is 16.1. The molecule has 1 aromatic heterocycles. The van der Waals surface area contributed by atoms with Gasteiger partial charge < -0.3 is 9.67 Å². The number of aromatic nitrogens is 1. The van der Waals surface area contributed by atoms with Crippen LogP contribution in [0.3, 0.4) is 0 Å². The van der Waals surface area contributed by atoms with Crippen LogP contribution in [0.25, 0.3) is 33.3 Å². The molecule has 0 amide bonds. The van der Waals surface area contributed by atoms with Crippen molar-refractivity contribution < 1.29 is 9.90 Å². The summed E-state index contributed by atoms with van der Waals surface area (Å²) in [5.74, 6) is 0.0619. The quantitative estimate of drug-likeness (QED) is 0.469. The molecule has 1 N–H and O–H groups in total. The van der Waals surface area contributed by atoms with Crippen LogP contribution in [0, 0.1) is 0 Å². The smallest absolute Gasteiger partial charge is 0.206 e. The standard InChI is InChI=1S/C29H24N2O2/c1-30-23-11-3-7-17-6-2-10-21(25(17)23)24(30)16-22-28(32)26(29(22)33)20-14-18-8-4-12-31-13-5-9-19(15-20)27(18)31/h2-3,6-7,10-11,14-16H,4-5,8-9,12-13H2,1H3/p+1. The summed E-state index contributed by atoms with van der Waals surface area (Å²) in [6, 6.07) is 16.8.